The minimum absolute atomic E-state index is 0.474. The van der Waals surface area contributed by atoms with Crippen LogP contribution in [0.1, 0.15) is 17.5 Å². The predicted molar refractivity (Wildman–Crippen MR) is 102 cm³/mol. The summed E-state index contributed by atoms with van der Waals surface area (Å²) in [5.74, 6) is -0.550. The van der Waals surface area contributed by atoms with Crippen molar-refractivity contribution in [2.75, 3.05) is 10.6 Å². The lowest BCUT2D eigenvalue weighted by molar-refractivity contribution is -0.143. The minimum Gasteiger partial charge on any atom is -0.466 e. The number of rotatable bonds is 2. The summed E-state index contributed by atoms with van der Waals surface area (Å²) in [6.07, 6.45) is 0. The molecule has 0 aliphatic carbocycles. The molecule has 2 heterocycles. The number of carbonyl (C=O) groups is 2. The highest BCUT2D eigenvalue weighted by atomic mass is 32.1. The molecule has 1 atom stereocenters. The van der Waals surface area contributed by atoms with Gasteiger partial charge in [-0.05, 0) is 56.7 Å². The van der Waals surface area contributed by atoms with E-state index in [0.29, 0.717) is 17.1 Å². The Labute approximate surface area is 154 Å². The zero-order chi connectivity index (χ0) is 18.5. The number of hydrogen-bond acceptors (Lipinski definition) is 5. The second-order valence-corrected chi connectivity index (χ2v) is 7.69. The third-order valence-corrected chi connectivity index (χ3v) is 5.25. The number of anilines is 2. The molecule has 3 aromatic rings. The number of fused-ring (bicyclic) bond motifs is 2. The van der Waals surface area contributed by atoms with Crippen molar-refractivity contribution in [1.82, 2.24) is 4.98 Å². The Balaban J connectivity index is 1.61. The van der Waals surface area contributed by atoms with Crippen LogP contribution >= 0.6 is 11.3 Å². The normalized spacial score (nSPS) is 18.8. The molecule has 0 fully saturated rings. The minimum atomic E-state index is -1.65. The summed E-state index contributed by atoms with van der Waals surface area (Å²) in [7, 11) is 0. The van der Waals surface area contributed by atoms with Gasteiger partial charge in [0.1, 0.15) is 5.75 Å². The standard InChI is InChI=1S/C19H17N3O3S/c1-10-4-7-15-14(8-10)22-18(24)19(3,25-15)17(23)21-12-5-6-13-16(9-12)26-11(2)20-13/h4-9H,1-3H3,(H,21,23)(H,22,24). The molecule has 132 valence electrons. The largest absolute Gasteiger partial charge is 0.466 e. The Morgan fingerprint density at radius 2 is 2.04 bits per heavy atom. The average molecular weight is 367 g/mol. The van der Waals surface area contributed by atoms with Crippen molar-refractivity contribution >= 4 is 44.7 Å². The second-order valence-electron chi connectivity index (χ2n) is 6.46. The number of nitrogens with zero attached hydrogens (tertiary/aromatic N) is 1. The van der Waals surface area contributed by atoms with Crippen LogP contribution in [0.15, 0.2) is 36.4 Å². The zero-order valence-corrected chi connectivity index (χ0v) is 15.4. The maximum absolute atomic E-state index is 12.8. The third-order valence-electron chi connectivity index (χ3n) is 4.32. The molecule has 4 rings (SSSR count). The van der Waals surface area contributed by atoms with Crippen molar-refractivity contribution in [3.05, 3.63) is 47.0 Å². The number of benzene rings is 2. The van der Waals surface area contributed by atoms with E-state index < -0.39 is 17.4 Å². The Kier molecular flexibility index (Phi) is 3.69. The number of amides is 2. The quantitative estimate of drug-likeness (QED) is 0.678. The van der Waals surface area contributed by atoms with Gasteiger partial charge in [0.2, 0.25) is 0 Å². The van der Waals surface area contributed by atoms with E-state index in [1.165, 1.54) is 6.92 Å². The number of thiazole rings is 1. The molecular formula is C19H17N3O3S. The first-order valence-electron chi connectivity index (χ1n) is 8.15. The lowest BCUT2D eigenvalue weighted by Crippen LogP contribution is -2.56. The number of aromatic nitrogens is 1. The van der Waals surface area contributed by atoms with Crippen LogP contribution in [0, 0.1) is 13.8 Å². The summed E-state index contributed by atoms with van der Waals surface area (Å²) in [6, 6.07) is 10.9. The Hall–Kier alpha value is -2.93. The first-order chi connectivity index (χ1) is 12.3. The van der Waals surface area contributed by atoms with E-state index in [-0.39, 0.29) is 0 Å². The molecule has 0 saturated carbocycles. The first-order valence-corrected chi connectivity index (χ1v) is 8.96. The number of ether oxygens (including phenoxy) is 1. The van der Waals surface area contributed by atoms with Crippen molar-refractivity contribution in [1.29, 1.82) is 0 Å². The van der Waals surface area contributed by atoms with Crippen molar-refractivity contribution in [2.45, 2.75) is 26.4 Å². The summed E-state index contributed by atoms with van der Waals surface area (Å²) in [5, 5.41) is 6.49. The van der Waals surface area contributed by atoms with Gasteiger partial charge in [-0.25, -0.2) is 4.98 Å². The molecule has 6 nitrogen and oxygen atoms in total. The van der Waals surface area contributed by atoms with E-state index in [1.807, 2.05) is 38.1 Å². The van der Waals surface area contributed by atoms with E-state index in [0.717, 1.165) is 20.8 Å². The lowest BCUT2D eigenvalue weighted by atomic mass is 10.0. The van der Waals surface area contributed by atoms with Gasteiger partial charge >= 0.3 is 0 Å². The van der Waals surface area contributed by atoms with Gasteiger partial charge < -0.3 is 15.4 Å². The van der Waals surface area contributed by atoms with Gasteiger partial charge in [0.15, 0.2) is 0 Å². The molecule has 1 unspecified atom stereocenters. The smallest absolute Gasteiger partial charge is 0.278 e. The van der Waals surface area contributed by atoms with E-state index in [4.69, 9.17) is 4.74 Å². The van der Waals surface area contributed by atoms with Crippen LogP contribution in [0.3, 0.4) is 0 Å². The van der Waals surface area contributed by atoms with Crippen molar-refractivity contribution in [3.63, 3.8) is 0 Å². The van der Waals surface area contributed by atoms with Crippen LogP contribution in [-0.4, -0.2) is 22.4 Å². The van der Waals surface area contributed by atoms with Gasteiger partial charge in [-0.15, -0.1) is 11.3 Å². The number of nitrogens with one attached hydrogen (secondary N) is 2. The highest BCUT2D eigenvalue weighted by Crippen LogP contribution is 2.35. The summed E-state index contributed by atoms with van der Waals surface area (Å²) < 4.78 is 6.75. The Morgan fingerprint density at radius 1 is 1.23 bits per heavy atom. The molecule has 0 bridgehead atoms. The summed E-state index contributed by atoms with van der Waals surface area (Å²) in [6.45, 7) is 5.32. The van der Waals surface area contributed by atoms with E-state index in [1.54, 1.807) is 23.5 Å². The van der Waals surface area contributed by atoms with Crippen molar-refractivity contribution in [3.8, 4) is 5.75 Å². The molecule has 0 radical (unpaired) electrons. The fraction of sp³-hybridized carbons (Fsp3) is 0.211. The van der Waals surface area contributed by atoms with Crippen LogP contribution in [0.2, 0.25) is 0 Å². The second kappa shape index (κ2) is 5.81. The third kappa shape index (κ3) is 2.70. The zero-order valence-electron chi connectivity index (χ0n) is 14.5. The van der Waals surface area contributed by atoms with Crippen LogP contribution in [0.4, 0.5) is 11.4 Å². The Morgan fingerprint density at radius 3 is 2.85 bits per heavy atom. The van der Waals surface area contributed by atoms with Gasteiger partial charge in [0, 0.05) is 5.69 Å². The average Bonchev–Trinajstić information content (AvgIpc) is 2.95. The number of aryl methyl sites for hydroxylation is 2. The maximum Gasteiger partial charge on any atom is 0.278 e. The molecule has 1 aliphatic heterocycles. The van der Waals surface area contributed by atoms with E-state index >= 15 is 0 Å². The van der Waals surface area contributed by atoms with Crippen molar-refractivity contribution in [2.24, 2.45) is 0 Å². The topological polar surface area (TPSA) is 80.3 Å². The van der Waals surface area contributed by atoms with Gasteiger partial charge in [-0.3, -0.25) is 9.59 Å². The van der Waals surface area contributed by atoms with Gasteiger partial charge in [-0.2, -0.15) is 0 Å². The molecule has 0 spiro atoms. The molecule has 1 aromatic heterocycles. The van der Waals surface area contributed by atoms with Gasteiger partial charge in [0.05, 0.1) is 20.9 Å². The van der Waals surface area contributed by atoms with Crippen LogP contribution in [-0.2, 0) is 9.59 Å². The monoisotopic (exact) mass is 367 g/mol. The molecule has 1 aliphatic rings. The van der Waals surface area contributed by atoms with Gasteiger partial charge in [0.25, 0.3) is 17.4 Å². The van der Waals surface area contributed by atoms with E-state index in [9.17, 15) is 9.59 Å². The highest BCUT2D eigenvalue weighted by molar-refractivity contribution is 7.18. The van der Waals surface area contributed by atoms with Crippen LogP contribution in [0.25, 0.3) is 10.2 Å². The van der Waals surface area contributed by atoms with Crippen LogP contribution in [0.5, 0.6) is 5.75 Å². The molecule has 2 amide bonds. The molecular weight excluding hydrogens is 350 g/mol. The Bertz CT molecular complexity index is 1060. The summed E-state index contributed by atoms with van der Waals surface area (Å²) in [4.78, 5) is 29.7. The first kappa shape index (κ1) is 16.5. The maximum atomic E-state index is 12.8. The highest BCUT2D eigenvalue weighted by Gasteiger charge is 2.47. The molecule has 2 aromatic carbocycles. The fourth-order valence-corrected chi connectivity index (χ4v) is 3.72. The van der Waals surface area contributed by atoms with E-state index in [2.05, 4.69) is 15.6 Å². The summed E-state index contributed by atoms with van der Waals surface area (Å²) >= 11 is 1.55. The number of carbonyl (C=O) groups excluding carboxylic acids is 2. The predicted octanol–water partition coefficient (Wildman–Crippen LogP) is 3.64. The van der Waals surface area contributed by atoms with Crippen LogP contribution < -0.4 is 15.4 Å². The molecule has 7 heteroatoms. The summed E-state index contributed by atoms with van der Waals surface area (Å²) in [5.41, 5.74) is 1.39. The van der Waals surface area contributed by atoms with Crippen molar-refractivity contribution < 1.29 is 14.3 Å². The number of hydrogen-bond donors (Lipinski definition) is 2. The lowest BCUT2D eigenvalue weighted by Gasteiger charge is -2.33. The SMILES string of the molecule is Cc1ccc2c(c1)NC(=O)C(C)(C(=O)Nc1ccc3nc(C)sc3c1)O2. The molecule has 2 N–H and O–H groups in total. The van der Waals surface area contributed by atoms with Gasteiger partial charge in [-0.1, -0.05) is 6.07 Å². The molecule has 26 heavy (non-hydrogen) atoms. The molecule has 0 saturated heterocycles. The fourth-order valence-electron chi connectivity index (χ4n) is 2.86.